The van der Waals surface area contributed by atoms with Gasteiger partial charge in [0.05, 0.1) is 11.2 Å². The molecular weight excluding hydrogens is 260 g/mol. The highest BCUT2D eigenvalue weighted by atomic mass is 35.5. The minimum atomic E-state index is -0.614. The van der Waals surface area contributed by atoms with Crippen LogP contribution in [-0.2, 0) is 6.42 Å². The number of anilines is 1. The van der Waals surface area contributed by atoms with Gasteiger partial charge in [0.2, 0.25) is 11.0 Å². The molecule has 0 amide bonds. The van der Waals surface area contributed by atoms with Crippen LogP contribution in [0.15, 0.2) is 29.1 Å². The van der Waals surface area contributed by atoms with Gasteiger partial charge in [0.15, 0.2) is 0 Å². The zero-order valence-electron chi connectivity index (χ0n) is 9.17. The Kier molecular flexibility index (Phi) is 3.73. The molecular formula is C10H9ClN4O3. The molecule has 2 heterocycles. The van der Waals surface area contributed by atoms with Crippen molar-refractivity contribution in [3.8, 4) is 0 Å². The third-order valence-electron chi connectivity index (χ3n) is 2.20. The second-order valence-corrected chi connectivity index (χ2v) is 3.73. The third-order valence-corrected chi connectivity index (χ3v) is 2.48. The van der Waals surface area contributed by atoms with Gasteiger partial charge in [-0.3, -0.25) is 10.1 Å². The lowest BCUT2D eigenvalue weighted by Gasteiger charge is -2.05. The van der Waals surface area contributed by atoms with E-state index >= 15 is 0 Å². The Morgan fingerprint density at radius 1 is 1.50 bits per heavy atom. The molecule has 0 bridgehead atoms. The standard InChI is InChI=1S/C10H9ClN4O3/c11-9-8(15(16)17)10(14-6-13-9)12-4-3-7-2-1-5-18-7/h1-2,5-6H,3-4H2,(H,12,13,14). The molecule has 18 heavy (non-hydrogen) atoms. The van der Waals surface area contributed by atoms with Gasteiger partial charge in [-0.1, -0.05) is 11.6 Å². The zero-order chi connectivity index (χ0) is 13.0. The minimum Gasteiger partial charge on any atom is -0.469 e. The van der Waals surface area contributed by atoms with Crippen LogP contribution < -0.4 is 5.32 Å². The summed E-state index contributed by atoms with van der Waals surface area (Å²) in [5, 5.41) is 13.5. The van der Waals surface area contributed by atoms with Crippen LogP contribution >= 0.6 is 11.6 Å². The van der Waals surface area contributed by atoms with Gasteiger partial charge < -0.3 is 9.73 Å². The van der Waals surface area contributed by atoms with E-state index in [1.54, 1.807) is 12.3 Å². The molecule has 0 saturated heterocycles. The fraction of sp³-hybridized carbons (Fsp3) is 0.200. The second-order valence-electron chi connectivity index (χ2n) is 3.37. The number of hydrogen-bond donors (Lipinski definition) is 1. The van der Waals surface area contributed by atoms with Crippen molar-refractivity contribution in [2.45, 2.75) is 6.42 Å². The predicted octanol–water partition coefficient (Wildman–Crippen LogP) is 2.29. The highest BCUT2D eigenvalue weighted by Crippen LogP contribution is 2.28. The molecule has 0 aliphatic carbocycles. The van der Waals surface area contributed by atoms with Crippen LogP contribution in [0.25, 0.3) is 0 Å². The van der Waals surface area contributed by atoms with Crippen LogP contribution in [0.4, 0.5) is 11.5 Å². The zero-order valence-corrected chi connectivity index (χ0v) is 9.92. The molecule has 0 aromatic carbocycles. The van der Waals surface area contributed by atoms with Gasteiger partial charge in [-0.2, -0.15) is 0 Å². The number of nitro groups is 1. The Balaban J connectivity index is 2.05. The van der Waals surface area contributed by atoms with Crippen molar-refractivity contribution in [2.75, 3.05) is 11.9 Å². The molecule has 0 unspecified atom stereocenters. The summed E-state index contributed by atoms with van der Waals surface area (Å²) in [6.07, 6.45) is 3.33. The molecule has 0 atom stereocenters. The van der Waals surface area contributed by atoms with E-state index in [9.17, 15) is 10.1 Å². The molecule has 0 aliphatic heterocycles. The van der Waals surface area contributed by atoms with Crippen molar-refractivity contribution >= 4 is 23.1 Å². The lowest BCUT2D eigenvalue weighted by atomic mass is 10.3. The Morgan fingerprint density at radius 2 is 2.33 bits per heavy atom. The largest absolute Gasteiger partial charge is 0.469 e. The molecule has 1 N–H and O–H groups in total. The van der Waals surface area contributed by atoms with E-state index in [0.29, 0.717) is 13.0 Å². The van der Waals surface area contributed by atoms with Crippen LogP contribution in [0.5, 0.6) is 0 Å². The lowest BCUT2D eigenvalue weighted by Crippen LogP contribution is -2.09. The van der Waals surface area contributed by atoms with Crippen LogP contribution in [0.2, 0.25) is 5.15 Å². The van der Waals surface area contributed by atoms with Crippen molar-refractivity contribution in [2.24, 2.45) is 0 Å². The van der Waals surface area contributed by atoms with Crippen molar-refractivity contribution in [1.29, 1.82) is 0 Å². The number of aromatic nitrogens is 2. The van der Waals surface area contributed by atoms with Crippen LogP contribution in [0.3, 0.4) is 0 Å². The summed E-state index contributed by atoms with van der Waals surface area (Å²) in [4.78, 5) is 17.6. The summed E-state index contributed by atoms with van der Waals surface area (Å²) in [7, 11) is 0. The van der Waals surface area contributed by atoms with Gasteiger partial charge in [-0.15, -0.1) is 0 Å². The maximum atomic E-state index is 10.8. The Morgan fingerprint density at radius 3 is 3.00 bits per heavy atom. The first-order valence-electron chi connectivity index (χ1n) is 5.09. The first-order valence-corrected chi connectivity index (χ1v) is 5.47. The number of nitrogens with zero attached hydrogens (tertiary/aromatic N) is 3. The highest BCUT2D eigenvalue weighted by molar-refractivity contribution is 6.31. The van der Waals surface area contributed by atoms with E-state index in [4.69, 9.17) is 16.0 Å². The van der Waals surface area contributed by atoms with Gasteiger partial charge >= 0.3 is 5.69 Å². The molecule has 2 rings (SSSR count). The lowest BCUT2D eigenvalue weighted by molar-refractivity contribution is -0.384. The molecule has 7 nitrogen and oxygen atoms in total. The monoisotopic (exact) mass is 268 g/mol. The fourth-order valence-corrected chi connectivity index (χ4v) is 1.61. The van der Waals surface area contributed by atoms with E-state index in [1.165, 1.54) is 6.33 Å². The summed E-state index contributed by atoms with van der Waals surface area (Å²) in [6.45, 7) is 0.446. The van der Waals surface area contributed by atoms with Crippen LogP contribution in [0, 0.1) is 10.1 Å². The van der Waals surface area contributed by atoms with E-state index in [2.05, 4.69) is 15.3 Å². The number of halogens is 1. The van der Waals surface area contributed by atoms with E-state index in [-0.39, 0.29) is 16.7 Å². The van der Waals surface area contributed by atoms with Gasteiger partial charge in [-0.05, 0) is 12.1 Å². The predicted molar refractivity (Wildman–Crippen MR) is 64.6 cm³/mol. The molecule has 0 spiro atoms. The summed E-state index contributed by atoms with van der Waals surface area (Å²) >= 11 is 5.65. The van der Waals surface area contributed by atoms with Crippen molar-refractivity contribution in [3.05, 3.63) is 45.8 Å². The van der Waals surface area contributed by atoms with E-state index in [1.807, 2.05) is 6.07 Å². The molecule has 94 valence electrons. The molecule has 0 fully saturated rings. The van der Waals surface area contributed by atoms with Gasteiger partial charge in [0.25, 0.3) is 0 Å². The van der Waals surface area contributed by atoms with Gasteiger partial charge in [-0.25, -0.2) is 9.97 Å². The average molecular weight is 269 g/mol. The fourth-order valence-electron chi connectivity index (χ4n) is 1.41. The van der Waals surface area contributed by atoms with Crippen LogP contribution in [-0.4, -0.2) is 21.4 Å². The Hall–Kier alpha value is -2.15. The number of furan rings is 1. The Labute approximate surface area is 107 Å². The number of hydrogen-bond acceptors (Lipinski definition) is 6. The molecule has 0 aliphatic rings. The SMILES string of the molecule is O=[N+]([O-])c1c(Cl)ncnc1NCCc1ccco1. The third kappa shape index (κ3) is 2.75. The van der Waals surface area contributed by atoms with Gasteiger partial charge in [0, 0.05) is 13.0 Å². The topological polar surface area (TPSA) is 94.1 Å². The average Bonchev–Trinajstić information content (AvgIpc) is 2.81. The minimum absolute atomic E-state index is 0.103. The maximum Gasteiger partial charge on any atom is 0.348 e. The van der Waals surface area contributed by atoms with E-state index < -0.39 is 4.92 Å². The molecule has 0 saturated carbocycles. The molecule has 2 aromatic rings. The maximum absolute atomic E-state index is 10.8. The van der Waals surface area contributed by atoms with Crippen molar-refractivity contribution in [1.82, 2.24) is 9.97 Å². The first kappa shape index (κ1) is 12.3. The van der Waals surface area contributed by atoms with Crippen molar-refractivity contribution < 1.29 is 9.34 Å². The normalized spacial score (nSPS) is 10.3. The summed E-state index contributed by atoms with van der Waals surface area (Å²) in [6, 6.07) is 3.60. The summed E-state index contributed by atoms with van der Waals surface area (Å²) in [5.74, 6) is 0.886. The molecule has 2 aromatic heterocycles. The van der Waals surface area contributed by atoms with Crippen LogP contribution in [0.1, 0.15) is 5.76 Å². The molecule has 8 heteroatoms. The van der Waals surface area contributed by atoms with E-state index in [0.717, 1.165) is 5.76 Å². The summed E-state index contributed by atoms with van der Waals surface area (Å²) in [5.41, 5.74) is -0.321. The smallest absolute Gasteiger partial charge is 0.348 e. The van der Waals surface area contributed by atoms with Crippen molar-refractivity contribution in [3.63, 3.8) is 0 Å². The quantitative estimate of drug-likeness (QED) is 0.508. The highest BCUT2D eigenvalue weighted by Gasteiger charge is 2.20. The first-order chi connectivity index (χ1) is 8.68. The molecule has 0 radical (unpaired) electrons. The summed E-state index contributed by atoms with van der Waals surface area (Å²) < 4.78 is 5.14. The van der Waals surface area contributed by atoms with Gasteiger partial charge in [0.1, 0.15) is 12.1 Å². The Bertz CT molecular complexity index is 544. The second kappa shape index (κ2) is 5.46. The number of rotatable bonds is 5. The number of nitrogens with one attached hydrogen (secondary N) is 1.